The van der Waals surface area contributed by atoms with Gasteiger partial charge >= 0.3 is 35.7 Å². The van der Waals surface area contributed by atoms with E-state index in [-0.39, 0.29) is 43.3 Å². The van der Waals surface area contributed by atoms with Crippen LogP contribution in [0.3, 0.4) is 0 Å². The molecule has 12 nitrogen and oxygen atoms in total. The second kappa shape index (κ2) is 14.4. The molecule has 0 saturated carbocycles. The molecular weight excluding hydrogens is 505 g/mol. The van der Waals surface area contributed by atoms with Crippen LogP contribution in [-0.4, -0.2) is 69.9 Å². The number of hydrogen-bond donors (Lipinski definition) is 5. The second-order valence-electron chi connectivity index (χ2n) is 7.63. The van der Waals surface area contributed by atoms with E-state index < -0.39 is 64.8 Å². The van der Waals surface area contributed by atoms with E-state index in [0.29, 0.717) is 16.0 Å². The van der Waals surface area contributed by atoms with Crippen LogP contribution in [-0.2, 0) is 37.5 Å². The fourth-order valence-corrected chi connectivity index (χ4v) is 3.77. The van der Waals surface area contributed by atoms with Crippen molar-refractivity contribution < 1.29 is 73.3 Å². The molecule has 0 radical (unpaired) electrons. The number of ether oxygens (including phenoxy) is 1. The van der Waals surface area contributed by atoms with E-state index in [1.807, 2.05) is 0 Å². The van der Waals surface area contributed by atoms with Gasteiger partial charge in [0.2, 0.25) is 11.3 Å². The maximum atomic E-state index is 13.1. The number of Topliss-reactive ketones (excluding diaryl/α,β-unsaturated/α-hetero) is 1. The van der Waals surface area contributed by atoms with Crippen molar-refractivity contribution in [2.45, 2.75) is 37.0 Å². The van der Waals surface area contributed by atoms with Crippen LogP contribution in [0.5, 0.6) is 5.75 Å². The second-order valence-corrected chi connectivity index (χ2v) is 9.14. The van der Waals surface area contributed by atoms with Gasteiger partial charge in [0.25, 0.3) is 10.1 Å². The molecular formula is C22H28N3NaO9S. The molecule has 3 unspecified atom stereocenters. The van der Waals surface area contributed by atoms with Crippen molar-refractivity contribution in [3.63, 3.8) is 0 Å². The van der Waals surface area contributed by atoms with E-state index in [9.17, 15) is 37.6 Å². The maximum absolute atomic E-state index is 13.1. The van der Waals surface area contributed by atoms with Crippen molar-refractivity contribution >= 4 is 27.9 Å². The third kappa shape index (κ3) is 9.26. The zero-order chi connectivity index (χ0) is 26.2. The van der Waals surface area contributed by atoms with Crippen molar-refractivity contribution in [3.05, 3.63) is 65.7 Å². The molecule has 0 aliphatic rings. The Bertz CT molecular complexity index is 1140. The molecule has 7 N–H and O–H groups in total. The molecule has 14 heteroatoms. The number of rotatable bonds is 11. The van der Waals surface area contributed by atoms with E-state index in [1.165, 1.54) is 24.3 Å². The van der Waals surface area contributed by atoms with Crippen molar-refractivity contribution in [2.24, 2.45) is 11.5 Å². The number of carbonyl (C=O) groups is 3. The van der Waals surface area contributed by atoms with Gasteiger partial charge in [-0.25, -0.2) is 9.69 Å². The number of imide groups is 1. The fraction of sp³-hybridized carbons (Fsp3) is 0.318. The SMILES string of the molecule is NCC(=O)C(N)CC(=O)N(C(=O)OCc1ccccc1)C(Cc1ccc(O)cc1)C(O)S(=O)(=O)O.[H-].[Na+]. The average molecular weight is 534 g/mol. The van der Waals surface area contributed by atoms with Crippen LogP contribution in [0, 0.1) is 0 Å². The first kappa shape index (κ1) is 31.7. The molecule has 192 valence electrons. The first-order valence-corrected chi connectivity index (χ1v) is 11.9. The number of aromatic hydroxyl groups is 1. The summed E-state index contributed by atoms with van der Waals surface area (Å²) in [4.78, 5) is 38.2. The summed E-state index contributed by atoms with van der Waals surface area (Å²) < 4.78 is 38.3. The number of aliphatic hydroxyl groups is 1. The largest absolute Gasteiger partial charge is 1.00 e. The molecule has 0 bridgehead atoms. The monoisotopic (exact) mass is 533 g/mol. The Labute approximate surface area is 231 Å². The zero-order valence-electron chi connectivity index (χ0n) is 20.6. The van der Waals surface area contributed by atoms with Crippen LogP contribution in [0.1, 0.15) is 19.0 Å². The number of carbonyl (C=O) groups excluding carboxylic acids is 3. The number of nitrogens with two attached hydrogens (primary N) is 2. The van der Waals surface area contributed by atoms with Gasteiger partial charge in [-0.15, -0.1) is 0 Å². The summed E-state index contributed by atoms with van der Waals surface area (Å²) in [5.41, 5.74) is 9.16. The van der Waals surface area contributed by atoms with E-state index >= 15 is 0 Å². The minimum atomic E-state index is -5.17. The number of phenolic OH excluding ortho intramolecular Hbond substituents is 1. The number of nitrogens with zero attached hydrogens (tertiary/aromatic N) is 1. The first-order chi connectivity index (χ1) is 16.4. The molecule has 0 heterocycles. The molecule has 2 aromatic rings. The minimum Gasteiger partial charge on any atom is -1.00 e. The molecule has 0 fully saturated rings. The topological polar surface area (TPSA) is 211 Å². The molecule has 0 aliphatic carbocycles. The summed E-state index contributed by atoms with van der Waals surface area (Å²) in [6.45, 7) is -0.775. The summed E-state index contributed by atoms with van der Waals surface area (Å²) in [5, 5.41) is 19.9. The Kier molecular flexibility index (Phi) is 12.7. The van der Waals surface area contributed by atoms with Gasteiger partial charge in [-0.2, -0.15) is 8.42 Å². The fourth-order valence-electron chi connectivity index (χ4n) is 3.15. The van der Waals surface area contributed by atoms with Crippen molar-refractivity contribution in [3.8, 4) is 5.75 Å². The summed E-state index contributed by atoms with van der Waals surface area (Å²) in [6, 6.07) is 10.3. The molecule has 36 heavy (non-hydrogen) atoms. The van der Waals surface area contributed by atoms with E-state index in [1.54, 1.807) is 30.3 Å². The van der Waals surface area contributed by atoms with Gasteiger partial charge in [-0.1, -0.05) is 42.5 Å². The quantitative estimate of drug-likeness (QED) is 0.145. The number of ketones is 1. The van der Waals surface area contributed by atoms with Gasteiger partial charge in [0.05, 0.1) is 18.6 Å². The minimum absolute atomic E-state index is 0. The van der Waals surface area contributed by atoms with Crippen LogP contribution in [0.2, 0.25) is 0 Å². The predicted octanol–water partition coefficient (Wildman–Crippen LogP) is -2.96. The smallest absolute Gasteiger partial charge is 1.00 e. The van der Waals surface area contributed by atoms with Crippen molar-refractivity contribution in [1.82, 2.24) is 4.90 Å². The molecule has 0 saturated heterocycles. The predicted molar refractivity (Wildman–Crippen MR) is 124 cm³/mol. The molecule has 2 aromatic carbocycles. The average Bonchev–Trinajstić information content (AvgIpc) is 2.82. The van der Waals surface area contributed by atoms with Gasteiger partial charge in [-0.05, 0) is 29.7 Å². The molecule has 3 atom stereocenters. The Hall–Kier alpha value is -2.36. The van der Waals surface area contributed by atoms with E-state index in [0.717, 1.165) is 0 Å². The standard InChI is InChI=1S/C22H27N3O9S.Na.H/c23-12-19(27)17(24)11-20(28)25(22(30)34-13-15-4-2-1-3-5-15)18(21(29)35(31,32)33)10-14-6-8-16(26)9-7-14;;/h1-9,17-18,21,26,29H,10-13,23-24H2,(H,31,32,33);;/q;+1;-1. The Morgan fingerprint density at radius 3 is 2.14 bits per heavy atom. The van der Waals surface area contributed by atoms with E-state index in [4.69, 9.17) is 16.2 Å². The van der Waals surface area contributed by atoms with Crippen LogP contribution >= 0.6 is 0 Å². The molecule has 2 rings (SSSR count). The number of amides is 2. The van der Waals surface area contributed by atoms with Crippen molar-refractivity contribution in [2.75, 3.05) is 6.54 Å². The summed E-state index contributed by atoms with van der Waals surface area (Å²) in [6.07, 6.45) is -2.54. The first-order valence-electron chi connectivity index (χ1n) is 10.4. The number of benzene rings is 2. The molecule has 0 aromatic heterocycles. The molecule has 0 aliphatic heterocycles. The van der Waals surface area contributed by atoms with Gasteiger partial charge in [0.15, 0.2) is 5.78 Å². The third-order valence-electron chi connectivity index (χ3n) is 5.03. The number of phenols is 1. The Morgan fingerprint density at radius 1 is 1.03 bits per heavy atom. The number of hydrogen-bond acceptors (Lipinski definition) is 10. The van der Waals surface area contributed by atoms with Crippen LogP contribution in [0.25, 0.3) is 0 Å². The van der Waals surface area contributed by atoms with Crippen LogP contribution < -0.4 is 41.0 Å². The summed E-state index contributed by atoms with van der Waals surface area (Å²) >= 11 is 0. The van der Waals surface area contributed by atoms with Crippen LogP contribution in [0.15, 0.2) is 54.6 Å². The zero-order valence-corrected chi connectivity index (χ0v) is 22.4. The third-order valence-corrected chi connectivity index (χ3v) is 5.95. The normalized spacial score (nSPS) is 13.6. The maximum Gasteiger partial charge on any atom is 1.00 e. The Morgan fingerprint density at radius 2 is 1.61 bits per heavy atom. The van der Waals surface area contributed by atoms with E-state index in [2.05, 4.69) is 0 Å². The van der Waals surface area contributed by atoms with Gasteiger partial charge < -0.3 is 27.8 Å². The van der Waals surface area contributed by atoms with Gasteiger partial charge in [-0.3, -0.25) is 14.1 Å². The summed E-state index contributed by atoms with van der Waals surface area (Å²) in [5.74, 6) is -1.94. The van der Waals surface area contributed by atoms with Crippen molar-refractivity contribution in [1.29, 1.82) is 0 Å². The Balaban J connectivity index is 0.00000648. The molecule has 2 amide bonds. The van der Waals surface area contributed by atoms with Gasteiger partial charge in [0.1, 0.15) is 12.4 Å². The number of aliphatic hydroxyl groups excluding tert-OH is 1. The summed E-state index contributed by atoms with van der Waals surface area (Å²) in [7, 11) is -5.17. The molecule has 0 spiro atoms. The van der Waals surface area contributed by atoms with Crippen LogP contribution in [0.4, 0.5) is 4.79 Å². The van der Waals surface area contributed by atoms with Gasteiger partial charge in [0, 0.05) is 6.42 Å².